The van der Waals surface area contributed by atoms with Gasteiger partial charge in [-0.1, -0.05) is 0 Å². The van der Waals surface area contributed by atoms with Crippen LogP contribution in [0.25, 0.3) is 0 Å². The molecule has 0 heterocycles. The Hall–Kier alpha value is -0.488. The Morgan fingerprint density at radius 1 is 0.818 bits per heavy atom. The lowest BCUT2D eigenvalue weighted by Crippen LogP contribution is -2.13. The van der Waals surface area contributed by atoms with Crippen LogP contribution in [0.3, 0.4) is 0 Å². The molecule has 0 rings (SSSR count). The van der Waals surface area contributed by atoms with Crippen LogP contribution in [0, 0.1) is 0 Å². The van der Waals surface area contributed by atoms with Gasteiger partial charge in [0.1, 0.15) is 12.2 Å². The molecule has 0 bridgehead atoms. The first-order valence-corrected chi connectivity index (χ1v) is 8.38. The van der Waals surface area contributed by atoms with Crippen LogP contribution in [0.5, 0.6) is 0 Å². The predicted octanol–water partition coefficient (Wildman–Crippen LogP) is 1.16. The van der Waals surface area contributed by atoms with Crippen molar-refractivity contribution in [3.63, 3.8) is 0 Å². The number of ketones is 1. The Balaban J connectivity index is 0. The van der Waals surface area contributed by atoms with Crippen LogP contribution in [0.4, 0.5) is 0 Å². The van der Waals surface area contributed by atoms with Crippen molar-refractivity contribution in [3.8, 4) is 0 Å². The molecule has 0 saturated carbocycles. The Morgan fingerprint density at radius 2 is 1.32 bits per heavy atom. The molecule has 0 aliphatic heterocycles. The van der Waals surface area contributed by atoms with E-state index < -0.39 is 5.97 Å². The molecular weight excluding hydrogens is 307 g/mol. The van der Waals surface area contributed by atoms with Crippen LogP contribution in [0.15, 0.2) is 0 Å². The Bertz CT molecular complexity index is 252. The molecule has 0 aliphatic carbocycles. The second kappa shape index (κ2) is 20.5. The second-order valence-corrected chi connectivity index (χ2v) is 4.77. The van der Waals surface area contributed by atoms with Gasteiger partial charge in [-0.3, -0.25) is 9.59 Å². The molecule has 0 spiro atoms. The molecular formula is C14H28AlO7. The summed E-state index contributed by atoms with van der Waals surface area (Å²) in [7, 11) is 0. The van der Waals surface area contributed by atoms with E-state index in [4.69, 9.17) is 17.1 Å². The first-order chi connectivity index (χ1) is 10.6. The molecule has 0 aromatic heterocycles. The van der Waals surface area contributed by atoms with E-state index >= 15 is 0 Å². The van der Waals surface area contributed by atoms with Gasteiger partial charge in [0.05, 0.1) is 19.8 Å². The van der Waals surface area contributed by atoms with Crippen molar-refractivity contribution < 1.29 is 31.4 Å². The van der Waals surface area contributed by atoms with E-state index in [0.717, 1.165) is 13.2 Å². The number of hydrogen-bond donors (Lipinski definition) is 0. The highest BCUT2D eigenvalue weighted by molar-refractivity contribution is 6.17. The number of Topliss-reactive ketones (excluding diaryl/α,β-unsaturated/α-hetero) is 1. The van der Waals surface area contributed by atoms with Crippen molar-refractivity contribution in [2.75, 3.05) is 46.2 Å². The minimum Gasteiger partial charge on any atom is -0.482 e. The van der Waals surface area contributed by atoms with Crippen LogP contribution in [0.1, 0.15) is 34.1 Å². The lowest BCUT2D eigenvalue weighted by Gasteiger charge is -2.04. The topological polar surface area (TPSA) is 80.3 Å². The van der Waals surface area contributed by atoms with E-state index in [1.54, 1.807) is 6.92 Å². The largest absolute Gasteiger partial charge is 0.668 e. The molecule has 0 aromatic rings. The van der Waals surface area contributed by atoms with Crippen LogP contribution in [-0.2, 0) is 31.4 Å². The predicted molar refractivity (Wildman–Crippen MR) is 82.6 cm³/mol. The zero-order valence-electron chi connectivity index (χ0n) is 14.1. The molecule has 129 valence electrons. The number of rotatable bonds is 13. The normalized spacial score (nSPS) is 9.64. The first-order valence-electron chi connectivity index (χ1n) is 7.43. The van der Waals surface area contributed by atoms with Crippen LogP contribution in [0.2, 0.25) is 0 Å². The fourth-order valence-electron chi connectivity index (χ4n) is 1.06. The van der Waals surface area contributed by atoms with Gasteiger partial charge in [-0.05, 0) is 27.7 Å². The fraction of sp³-hybridized carbons (Fsp3) is 0.857. The summed E-state index contributed by atoms with van der Waals surface area (Å²) >= 11 is -0.355. The van der Waals surface area contributed by atoms with Crippen molar-refractivity contribution >= 4 is 27.6 Å². The molecule has 0 amide bonds. The third kappa shape index (κ3) is 24.5. The van der Waals surface area contributed by atoms with Gasteiger partial charge in [0.25, 0.3) is 0 Å². The Morgan fingerprint density at radius 3 is 1.68 bits per heavy atom. The van der Waals surface area contributed by atoms with Gasteiger partial charge in [-0.2, -0.15) is 0 Å². The third-order valence-corrected chi connectivity index (χ3v) is 2.68. The summed E-state index contributed by atoms with van der Waals surface area (Å²) in [4.78, 5) is 20.6. The van der Waals surface area contributed by atoms with E-state index in [0.29, 0.717) is 33.0 Å². The van der Waals surface area contributed by atoms with Gasteiger partial charge < -0.3 is 21.8 Å². The second-order valence-electron chi connectivity index (χ2n) is 3.92. The number of hydrogen-bond acceptors (Lipinski definition) is 7. The summed E-state index contributed by atoms with van der Waals surface area (Å²) in [6, 6.07) is 0. The summed E-state index contributed by atoms with van der Waals surface area (Å²) < 4.78 is 25.1. The maximum Gasteiger partial charge on any atom is 0.668 e. The average Bonchev–Trinajstić information content (AvgIpc) is 2.46. The summed E-state index contributed by atoms with van der Waals surface area (Å²) in [5, 5.41) is 0. The molecule has 0 atom stereocenters. The first kappa shape index (κ1) is 23.8. The van der Waals surface area contributed by atoms with Crippen molar-refractivity contribution in [1.29, 1.82) is 0 Å². The van der Waals surface area contributed by atoms with E-state index in [-0.39, 0.29) is 28.1 Å². The zero-order chi connectivity index (χ0) is 17.1. The van der Waals surface area contributed by atoms with Gasteiger partial charge in [0.15, 0.2) is 0 Å². The number of ether oxygens (including phenoxy) is 3. The summed E-state index contributed by atoms with van der Waals surface area (Å²) in [6.45, 7) is 11.4. The van der Waals surface area contributed by atoms with Crippen molar-refractivity contribution in [3.05, 3.63) is 0 Å². The van der Waals surface area contributed by atoms with Gasteiger partial charge in [-0.15, -0.1) is 0 Å². The van der Waals surface area contributed by atoms with Gasteiger partial charge in [0, 0.05) is 26.4 Å². The van der Waals surface area contributed by atoms with Gasteiger partial charge >= 0.3 is 21.9 Å². The van der Waals surface area contributed by atoms with Crippen LogP contribution < -0.4 is 0 Å². The van der Waals surface area contributed by atoms with Crippen LogP contribution >= 0.6 is 0 Å². The van der Waals surface area contributed by atoms with Crippen LogP contribution in [-0.4, -0.2) is 73.9 Å². The molecule has 0 N–H and O–H groups in total. The lowest BCUT2D eigenvalue weighted by molar-refractivity contribution is -0.145. The Kier molecular flexibility index (Phi) is 22.2. The quantitative estimate of drug-likeness (QED) is 0.216. The maximum atomic E-state index is 10.4. The minimum absolute atomic E-state index is 0.103. The SMILES string of the molecule is CCOC(=O)CC(C)=O.CCOCC[O][Al][O]CCOCC. The molecule has 0 aromatic carbocycles. The summed E-state index contributed by atoms with van der Waals surface area (Å²) in [6.07, 6.45) is -0.103. The maximum absolute atomic E-state index is 10.4. The molecule has 1 radical (unpaired) electrons. The number of carbonyl (C=O) groups is 2. The van der Waals surface area contributed by atoms with Crippen molar-refractivity contribution in [2.45, 2.75) is 34.1 Å². The smallest absolute Gasteiger partial charge is 0.482 e. The highest BCUT2D eigenvalue weighted by Crippen LogP contribution is 1.86. The minimum atomic E-state index is -0.440. The van der Waals surface area contributed by atoms with Gasteiger partial charge in [-0.25, -0.2) is 0 Å². The van der Waals surface area contributed by atoms with E-state index in [2.05, 4.69) is 4.74 Å². The van der Waals surface area contributed by atoms with Crippen molar-refractivity contribution in [1.82, 2.24) is 0 Å². The van der Waals surface area contributed by atoms with E-state index in [1.807, 2.05) is 13.8 Å². The molecule has 7 nitrogen and oxygen atoms in total. The third-order valence-electron chi connectivity index (χ3n) is 1.93. The average molecular weight is 335 g/mol. The van der Waals surface area contributed by atoms with E-state index in [1.165, 1.54) is 6.92 Å². The number of esters is 1. The highest BCUT2D eigenvalue weighted by atomic mass is 27.2. The Labute approximate surface area is 140 Å². The standard InChI is InChI=1S/C6H10O3.2C4H9O2.Al/c1-3-9-6(8)4-5(2)7;2*1-2-6-4-3-5;/h3-4H2,1-2H3;2*2-4H2,1H3;/q;2*-1;+2. The number of carbonyl (C=O) groups excluding carboxylic acids is 2. The summed E-state index contributed by atoms with van der Waals surface area (Å²) in [5.74, 6) is -0.599. The molecule has 8 heteroatoms. The zero-order valence-corrected chi connectivity index (χ0v) is 15.2. The molecule has 0 unspecified atom stereocenters. The monoisotopic (exact) mass is 335 g/mol. The fourth-order valence-corrected chi connectivity index (χ4v) is 1.54. The summed E-state index contributed by atoms with van der Waals surface area (Å²) in [5.41, 5.74) is 0. The lowest BCUT2D eigenvalue weighted by atomic mass is 10.3. The molecule has 0 saturated heterocycles. The molecule has 22 heavy (non-hydrogen) atoms. The molecule has 0 aliphatic rings. The molecule has 0 fully saturated rings. The van der Waals surface area contributed by atoms with Crippen molar-refractivity contribution in [2.24, 2.45) is 0 Å². The van der Waals surface area contributed by atoms with Gasteiger partial charge in [0.2, 0.25) is 0 Å². The highest BCUT2D eigenvalue weighted by Gasteiger charge is 2.03. The van der Waals surface area contributed by atoms with E-state index in [9.17, 15) is 9.59 Å².